The van der Waals surface area contributed by atoms with Crippen LogP contribution in [0.1, 0.15) is 79.1 Å². The first-order valence-electron chi connectivity index (χ1n) is 14.1. The van der Waals surface area contributed by atoms with E-state index in [1.54, 1.807) is 0 Å². The molecule has 0 saturated carbocycles. The normalized spacial score (nSPS) is 28.2. The third-order valence-electron chi connectivity index (χ3n) is 7.64. The Balaban J connectivity index is 1.48. The summed E-state index contributed by atoms with van der Waals surface area (Å²) in [7, 11) is 0. The van der Waals surface area contributed by atoms with Crippen LogP contribution in [-0.4, -0.2) is 62.8 Å². The molecule has 0 nitrogen and oxygen atoms in total. The maximum absolute atomic E-state index is 2.66. The van der Waals surface area contributed by atoms with Gasteiger partial charge in [-0.15, -0.1) is 94.1 Å². The van der Waals surface area contributed by atoms with E-state index in [2.05, 4.69) is 128 Å². The van der Waals surface area contributed by atoms with Gasteiger partial charge in [-0.1, -0.05) is 25.5 Å². The molecule has 8 heteroatoms. The quantitative estimate of drug-likeness (QED) is 0.214. The molecule has 2 atom stereocenters. The molecule has 0 aromatic rings. The SMILES string of the molecule is CC(C)=CC1(CCC2(CC(C)C3(C[C@H](C)C4SCCCS4)SCCCS3)SCCCS2)SCCCS1. The molecular formula is C28H48S8. The molecule has 0 spiro atoms. The van der Waals surface area contributed by atoms with Crippen LogP contribution in [-0.2, 0) is 0 Å². The summed E-state index contributed by atoms with van der Waals surface area (Å²) in [6, 6.07) is 0. The van der Waals surface area contributed by atoms with Crippen molar-refractivity contribution in [3.63, 3.8) is 0 Å². The van der Waals surface area contributed by atoms with E-state index in [-0.39, 0.29) is 0 Å². The minimum absolute atomic E-state index is 0.321. The summed E-state index contributed by atoms with van der Waals surface area (Å²) >= 11 is 18.4. The molecule has 0 aromatic heterocycles. The van der Waals surface area contributed by atoms with Crippen molar-refractivity contribution in [2.45, 2.75) is 95.9 Å². The summed E-state index contributed by atoms with van der Waals surface area (Å²) < 4.78 is 1.99. The van der Waals surface area contributed by atoms with Crippen LogP contribution >= 0.6 is 94.1 Å². The average molecular weight is 641 g/mol. The standard InChI is InChI=1S/C28H48S8/c1-22(2)19-26(31-13-6-14-32-26)9-10-27(33-15-7-16-34-27)21-24(4)28(35-17-8-18-36-28)20-23(3)25-29-11-5-12-30-25/h19,23-25H,5-18,20-21H2,1-4H3/t23-,24?/m0/s1. The minimum atomic E-state index is 0.321. The number of thioether (sulfide) groups is 8. The van der Waals surface area contributed by atoms with E-state index in [1.807, 2.05) is 0 Å². The lowest BCUT2D eigenvalue weighted by molar-refractivity contribution is 0.391. The average Bonchev–Trinajstić information content (AvgIpc) is 2.89. The van der Waals surface area contributed by atoms with Crippen molar-refractivity contribution < 1.29 is 0 Å². The Bertz CT molecular complexity index is 682. The minimum Gasteiger partial charge on any atom is -0.147 e. The monoisotopic (exact) mass is 640 g/mol. The predicted octanol–water partition coefficient (Wildman–Crippen LogP) is 10.7. The molecule has 0 aliphatic carbocycles. The number of hydrogen-bond donors (Lipinski definition) is 0. The first kappa shape index (κ1) is 31.5. The van der Waals surface area contributed by atoms with Crippen LogP contribution in [0, 0.1) is 11.8 Å². The number of hydrogen-bond acceptors (Lipinski definition) is 8. The lowest BCUT2D eigenvalue weighted by Crippen LogP contribution is -2.41. The first-order chi connectivity index (χ1) is 17.4. The molecule has 4 aliphatic heterocycles. The molecule has 4 saturated heterocycles. The molecule has 0 radical (unpaired) electrons. The summed E-state index contributed by atoms with van der Waals surface area (Å²) in [4.78, 5) is 0. The van der Waals surface area contributed by atoms with E-state index in [1.165, 1.54) is 103 Å². The van der Waals surface area contributed by atoms with Gasteiger partial charge in [-0.05, 0) is 123 Å². The zero-order chi connectivity index (χ0) is 25.5. The summed E-state index contributed by atoms with van der Waals surface area (Å²) in [5.74, 6) is 12.5. The van der Waals surface area contributed by atoms with Crippen molar-refractivity contribution in [2.24, 2.45) is 11.8 Å². The van der Waals surface area contributed by atoms with Gasteiger partial charge in [0.25, 0.3) is 0 Å². The van der Waals surface area contributed by atoms with E-state index in [9.17, 15) is 0 Å². The van der Waals surface area contributed by atoms with E-state index in [0.29, 0.717) is 12.2 Å². The Morgan fingerprint density at radius 3 is 1.81 bits per heavy atom. The van der Waals surface area contributed by atoms with Crippen molar-refractivity contribution in [3.8, 4) is 0 Å². The summed E-state index contributed by atoms with van der Waals surface area (Å²) in [5.41, 5.74) is 1.50. The van der Waals surface area contributed by atoms with Crippen LogP contribution in [0.2, 0.25) is 0 Å². The topological polar surface area (TPSA) is 0 Å². The second-order valence-corrected chi connectivity index (χ2v) is 23.4. The molecule has 1 unspecified atom stereocenters. The molecular weight excluding hydrogens is 593 g/mol. The summed E-state index contributed by atoms with van der Waals surface area (Å²) in [6.07, 6.45) is 13.8. The van der Waals surface area contributed by atoms with Crippen molar-refractivity contribution in [1.29, 1.82) is 0 Å². The van der Waals surface area contributed by atoms with E-state index >= 15 is 0 Å². The number of rotatable bonds is 10. The fourth-order valence-electron chi connectivity index (χ4n) is 5.87. The Morgan fingerprint density at radius 1 is 0.694 bits per heavy atom. The highest BCUT2D eigenvalue weighted by molar-refractivity contribution is 8.20. The van der Waals surface area contributed by atoms with Crippen LogP contribution in [0.4, 0.5) is 0 Å². The molecule has 0 N–H and O–H groups in total. The van der Waals surface area contributed by atoms with Crippen molar-refractivity contribution in [3.05, 3.63) is 11.6 Å². The first-order valence-corrected chi connectivity index (χ1v) is 22.1. The van der Waals surface area contributed by atoms with Gasteiger partial charge in [-0.25, -0.2) is 0 Å². The van der Waals surface area contributed by atoms with Gasteiger partial charge >= 0.3 is 0 Å². The van der Waals surface area contributed by atoms with Crippen molar-refractivity contribution >= 4 is 94.1 Å². The fourth-order valence-corrected chi connectivity index (χ4v) is 19.7. The van der Waals surface area contributed by atoms with Crippen molar-refractivity contribution in [1.82, 2.24) is 0 Å². The second-order valence-electron chi connectivity index (χ2n) is 11.2. The fraction of sp³-hybridized carbons (Fsp3) is 0.929. The van der Waals surface area contributed by atoms with Crippen LogP contribution < -0.4 is 0 Å². The maximum atomic E-state index is 2.66. The lowest BCUT2D eigenvalue weighted by atomic mass is 9.92. The van der Waals surface area contributed by atoms with Gasteiger partial charge in [0.1, 0.15) is 0 Å². The predicted molar refractivity (Wildman–Crippen MR) is 186 cm³/mol. The Labute approximate surface area is 257 Å². The van der Waals surface area contributed by atoms with Crippen LogP contribution in [0.15, 0.2) is 11.6 Å². The molecule has 36 heavy (non-hydrogen) atoms. The van der Waals surface area contributed by atoms with E-state index < -0.39 is 0 Å². The van der Waals surface area contributed by atoms with Crippen LogP contribution in [0.5, 0.6) is 0 Å². The van der Waals surface area contributed by atoms with Gasteiger partial charge in [-0.2, -0.15) is 0 Å². The highest BCUT2D eigenvalue weighted by atomic mass is 32.2. The molecule has 4 fully saturated rings. The lowest BCUT2D eigenvalue weighted by Gasteiger charge is -2.48. The zero-order valence-corrected chi connectivity index (χ0v) is 29.4. The molecule has 4 rings (SSSR count). The van der Waals surface area contributed by atoms with Gasteiger partial charge in [0, 0.05) is 0 Å². The molecule has 0 amide bonds. The third-order valence-corrected chi connectivity index (χ3v) is 21.7. The van der Waals surface area contributed by atoms with E-state index in [4.69, 9.17) is 0 Å². The van der Waals surface area contributed by atoms with Crippen LogP contribution in [0.25, 0.3) is 0 Å². The largest absolute Gasteiger partial charge is 0.147 e. The van der Waals surface area contributed by atoms with Crippen molar-refractivity contribution in [2.75, 3.05) is 46.0 Å². The molecule has 4 heterocycles. The van der Waals surface area contributed by atoms with Gasteiger partial charge in [0.2, 0.25) is 0 Å². The van der Waals surface area contributed by atoms with Gasteiger partial charge < -0.3 is 0 Å². The Kier molecular flexibility index (Phi) is 13.2. The summed E-state index contributed by atoms with van der Waals surface area (Å²) in [5, 5.41) is 0. The second kappa shape index (κ2) is 15.1. The van der Waals surface area contributed by atoms with E-state index in [0.717, 1.165) is 16.4 Å². The number of allylic oxidation sites excluding steroid dienone is 1. The highest BCUT2D eigenvalue weighted by Crippen LogP contribution is 2.60. The molecule has 208 valence electrons. The molecule has 0 bridgehead atoms. The van der Waals surface area contributed by atoms with Crippen LogP contribution in [0.3, 0.4) is 0 Å². The van der Waals surface area contributed by atoms with Gasteiger partial charge in [0.05, 0.1) is 16.8 Å². The Hall–Kier alpha value is 2.54. The Morgan fingerprint density at radius 2 is 1.22 bits per heavy atom. The van der Waals surface area contributed by atoms with Gasteiger partial charge in [-0.3, -0.25) is 0 Å². The smallest absolute Gasteiger partial charge is 0.0794 e. The third kappa shape index (κ3) is 8.77. The molecule has 4 aliphatic rings. The maximum Gasteiger partial charge on any atom is 0.0794 e. The molecule has 0 aromatic carbocycles. The zero-order valence-electron chi connectivity index (χ0n) is 22.9. The summed E-state index contributed by atoms with van der Waals surface area (Å²) in [6.45, 7) is 9.86. The highest BCUT2D eigenvalue weighted by Gasteiger charge is 2.47. The van der Waals surface area contributed by atoms with Gasteiger partial charge in [0.15, 0.2) is 0 Å².